The average molecular weight is 501 g/mol. The van der Waals surface area contributed by atoms with E-state index in [9.17, 15) is 14.0 Å². The minimum atomic E-state index is -0.560. The van der Waals surface area contributed by atoms with E-state index in [0.29, 0.717) is 11.3 Å². The lowest BCUT2D eigenvalue weighted by Crippen LogP contribution is -2.49. The van der Waals surface area contributed by atoms with E-state index in [1.54, 1.807) is 30.2 Å². The fourth-order valence-corrected chi connectivity index (χ4v) is 5.86. The lowest BCUT2D eigenvalue weighted by Gasteiger charge is -2.44. The normalized spacial score (nSPS) is 19.9. The molecule has 5 nitrogen and oxygen atoms in total. The van der Waals surface area contributed by atoms with Gasteiger partial charge in [0.2, 0.25) is 5.91 Å². The first-order chi connectivity index (χ1) is 18.0. The van der Waals surface area contributed by atoms with Gasteiger partial charge in [0.15, 0.2) is 0 Å². The van der Waals surface area contributed by atoms with E-state index >= 15 is 0 Å². The number of benzene rings is 3. The summed E-state index contributed by atoms with van der Waals surface area (Å²) >= 11 is 0. The number of methoxy groups -OCH3 is 1. The second-order valence-corrected chi connectivity index (χ2v) is 10.1. The molecule has 5 rings (SSSR count). The molecule has 3 aromatic rings. The van der Waals surface area contributed by atoms with E-state index in [2.05, 4.69) is 0 Å². The summed E-state index contributed by atoms with van der Waals surface area (Å²) in [5, 5.41) is 0. The largest absolute Gasteiger partial charge is 0.497 e. The Kier molecular flexibility index (Phi) is 7.26. The molecular weight excluding hydrogens is 467 g/mol. The third-order valence-electron chi connectivity index (χ3n) is 7.90. The number of hydrogen-bond acceptors (Lipinski definition) is 3. The van der Waals surface area contributed by atoms with Crippen LogP contribution in [-0.2, 0) is 11.3 Å². The van der Waals surface area contributed by atoms with E-state index in [4.69, 9.17) is 4.74 Å². The van der Waals surface area contributed by atoms with E-state index in [-0.39, 0.29) is 30.2 Å². The summed E-state index contributed by atoms with van der Waals surface area (Å²) in [6.07, 6.45) is 5.46. The van der Waals surface area contributed by atoms with Gasteiger partial charge in [-0.25, -0.2) is 4.39 Å². The molecule has 192 valence electrons. The number of hydrogen-bond donors (Lipinski definition) is 0. The van der Waals surface area contributed by atoms with Crippen molar-refractivity contribution in [1.82, 2.24) is 9.80 Å². The van der Waals surface area contributed by atoms with E-state index in [1.165, 1.54) is 18.6 Å². The second-order valence-electron chi connectivity index (χ2n) is 10.1. The SMILES string of the molecule is COc1ccc([C@@H]2[C@H](C(=O)N(C)C3CCCCC3)c3ccccc3C(=O)N2Cc2ccc(F)cc2)cc1. The van der Waals surface area contributed by atoms with Crippen molar-refractivity contribution in [2.75, 3.05) is 14.2 Å². The number of nitrogens with zero attached hydrogens (tertiary/aromatic N) is 2. The van der Waals surface area contributed by atoms with Gasteiger partial charge in [0.25, 0.3) is 5.91 Å². The quantitative estimate of drug-likeness (QED) is 0.411. The molecule has 2 amide bonds. The van der Waals surface area contributed by atoms with E-state index in [0.717, 1.165) is 42.4 Å². The molecule has 1 fully saturated rings. The van der Waals surface area contributed by atoms with Crippen LogP contribution in [0.2, 0.25) is 0 Å². The van der Waals surface area contributed by atoms with Gasteiger partial charge in [-0.05, 0) is 59.9 Å². The van der Waals surface area contributed by atoms with Crippen molar-refractivity contribution in [3.63, 3.8) is 0 Å². The summed E-state index contributed by atoms with van der Waals surface area (Å²) in [6, 6.07) is 20.9. The van der Waals surface area contributed by atoms with Crippen LogP contribution in [0.15, 0.2) is 72.8 Å². The Bertz CT molecular complexity index is 1250. The maximum Gasteiger partial charge on any atom is 0.255 e. The predicted molar refractivity (Wildman–Crippen MR) is 141 cm³/mol. The number of rotatable bonds is 6. The molecule has 2 aliphatic rings. The maximum absolute atomic E-state index is 14.3. The first-order valence-corrected chi connectivity index (χ1v) is 13.0. The zero-order chi connectivity index (χ0) is 25.9. The van der Waals surface area contributed by atoms with Crippen molar-refractivity contribution in [1.29, 1.82) is 0 Å². The lowest BCUT2D eigenvalue weighted by atomic mass is 9.78. The molecule has 3 aromatic carbocycles. The number of carbonyl (C=O) groups excluding carboxylic acids is 2. The van der Waals surface area contributed by atoms with Crippen molar-refractivity contribution < 1.29 is 18.7 Å². The highest BCUT2D eigenvalue weighted by atomic mass is 19.1. The summed E-state index contributed by atoms with van der Waals surface area (Å²) in [5.41, 5.74) is 2.97. The molecular formula is C31H33FN2O3. The van der Waals surface area contributed by atoms with Crippen LogP contribution in [0.3, 0.4) is 0 Å². The molecule has 1 heterocycles. The van der Waals surface area contributed by atoms with Gasteiger partial charge in [-0.3, -0.25) is 9.59 Å². The lowest BCUT2D eigenvalue weighted by molar-refractivity contribution is -0.136. The Morgan fingerprint density at radius 3 is 2.32 bits per heavy atom. The second kappa shape index (κ2) is 10.8. The molecule has 0 aromatic heterocycles. The van der Waals surface area contributed by atoms with Crippen LogP contribution < -0.4 is 4.74 Å². The van der Waals surface area contributed by atoms with Gasteiger partial charge in [-0.15, -0.1) is 0 Å². The minimum absolute atomic E-state index is 0.0248. The van der Waals surface area contributed by atoms with E-state index in [1.807, 2.05) is 54.4 Å². The number of ether oxygens (including phenoxy) is 1. The molecule has 0 spiro atoms. The third-order valence-corrected chi connectivity index (χ3v) is 7.90. The summed E-state index contributed by atoms with van der Waals surface area (Å²) in [6.45, 7) is 0.265. The highest BCUT2D eigenvalue weighted by Gasteiger charge is 2.45. The van der Waals surface area contributed by atoms with Crippen LogP contribution in [-0.4, -0.2) is 41.8 Å². The van der Waals surface area contributed by atoms with Gasteiger partial charge in [0.05, 0.1) is 19.1 Å². The van der Waals surface area contributed by atoms with Gasteiger partial charge < -0.3 is 14.5 Å². The minimum Gasteiger partial charge on any atom is -0.497 e. The van der Waals surface area contributed by atoms with Gasteiger partial charge in [0, 0.05) is 25.2 Å². The summed E-state index contributed by atoms with van der Waals surface area (Å²) in [4.78, 5) is 32.0. The Morgan fingerprint density at radius 2 is 1.65 bits per heavy atom. The maximum atomic E-state index is 14.3. The predicted octanol–water partition coefficient (Wildman–Crippen LogP) is 6.11. The molecule has 0 radical (unpaired) electrons. The van der Waals surface area contributed by atoms with Gasteiger partial charge in [0.1, 0.15) is 11.6 Å². The number of halogens is 1. The summed E-state index contributed by atoms with van der Waals surface area (Å²) < 4.78 is 19.0. The van der Waals surface area contributed by atoms with Crippen LogP contribution in [0.4, 0.5) is 4.39 Å². The van der Waals surface area contributed by atoms with Crippen LogP contribution in [0, 0.1) is 5.82 Å². The first kappa shape index (κ1) is 25.0. The molecule has 0 bridgehead atoms. The monoisotopic (exact) mass is 500 g/mol. The topological polar surface area (TPSA) is 49.9 Å². The first-order valence-electron chi connectivity index (χ1n) is 13.0. The standard InChI is InChI=1S/C31H33FN2O3/c1-33(24-8-4-3-5-9-24)31(36)28-26-10-6-7-11-27(26)30(35)34(20-21-12-16-23(32)17-13-21)29(28)22-14-18-25(37-2)19-15-22/h6-7,10-19,24,28-29H,3-5,8-9,20H2,1-2H3/t28-,29-/m1/s1. The average Bonchev–Trinajstić information content (AvgIpc) is 2.95. The fourth-order valence-electron chi connectivity index (χ4n) is 5.86. The summed E-state index contributed by atoms with van der Waals surface area (Å²) in [7, 11) is 3.52. The van der Waals surface area contributed by atoms with Crippen LogP contribution >= 0.6 is 0 Å². The zero-order valence-electron chi connectivity index (χ0n) is 21.4. The Labute approximate surface area is 217 Å². The number of likely N-dealkylation sites (N-methyl/N-ethyl adjacent to an activating group) is 1. The molecule has 2 atom stereocenters. The fraction of sp³-hybridized carbons (Fsp3) is 0.355. The Hall–Kier alpha value is -3.67. The molecule has 1 aliphatic carbocycles. The molecule has 0 N–H and O–H groups in total. The van der Waals surface area contributed by atoms with Crippen molar-refractivity contribution in [2.45, 2.75) is 56.7 Å². The van der Waals surface area contributed by atoms with Crippen LogP contribution in [0.5, 0.6) is 5.75 Å². The number of amides is 2. The number of carbonyl (C=O) groups is 2. The molecule has 0 unspecified atom stereocenters. The molecule has 0 saturated heterocycles. The van der Waals surface area contributed by atoms with E-state index < -0.39 is 12.0 Å². The smallest absolute Gasteiger partial charge is 0.255 e. The van der Waals surface area contributed by atoms with Gasteiger partial charge in [-0.2, -0.15) is 0 Å². The molecule has 1 aliphatic heterocycles. The highest BCUT2D eigenvalue weighted by Crippen LogP contribution is 2.45. The molecule has 37 heavy (non-hydrogen) atoms. The molecule has 1 saturated carbocycles. The highest BCUT2D eigenvalue weighted by molar-refractivity contribution is 6.01. The summed E-state index contributed by atoms with van der Waals surface area (Å²) in [5.74, 6) is -0.289. The van der Waals surface area contributed by atoms with Crippen molar-refractivity contribution in [2.24, 2.45) is 0 Å². The van der Waals surface area contributed by atoms with Gasteiger partial charge in [-0.1, -0.05) is 61.7 Å². The van der Waals surface area contributed by atoms with Crippen LogP contribution in [0.25, 0.3) is 0 Å². The van der Waals surface area contributed by atoms with Crippen molar-refractivity contribution in [3.8, 4) is 5.75 Å². The van der Waals surface area contributed by atoms with Crippen molar-refractivity contribution >= 4 is 11.8 Å². The number of fused-ring (bicyclic) bond motifs is 1. The third kappa shape index (κ3) is 4.97. The zero-order valence-corrected chi connectivity index (χ0v) is 21.4. The van der Waals surface area contributed by atoms with Crippen LogP contribution in [0.1, 0.15) is 71.1 Å². The van der Waals surface area contributed by atoms with Crippen molar-refractivity contribution in [3.05, 3.63) is 101 Å². The Morgan fingerprint density at radius 1 is 0.973 bits per heavy atom. The van der Waals surface area contributed by atoms with Gasteiger partial charge >= 0.3 is 0 Å². The Balaban J connectivity index is 1.62. The molecule has 6 heteroatoms.